The lowest BCUT2D eigenvalue weighted by Crippen LogP contribution is -2.31. The number of benzene rings is 3. The number of carbonyl (C=O) groups is 1. The summed E-state index contributed by atoms with van der Waals surface area (Å²) in [6, 6.07) is 22.5. The average molecular weight is 411 g/mol. The zero-order chi connectivity index (χ0) is 19.9. The van der Waals surface area contributed by atoms with Gasteiger partial charge in [-0.3, -0.25) is 4.79 Å². The summed E-state index contributed by atoms with van der Waals surface area (Å²) in [5, 5.41) is 4.30. The van der Waals surface area contributed by atoms with Crippen molar-refractivity contribution in [3.63, 3.8) is 0 Å². The summed E-state index contributed by atoms with van der Waals surface area (Å²) in [4.78, 5) is 15.0. The number of amides is 1. The zero-order valence-electron chi connectivity index (χ0n) is 15.2. The van der Waals surface area contributed by atoms with E-state index >= 15 is 0 Å². The minimum absolute atomic E-state index is 0.0834. The highest BCUT2D eigenvalue weighted by molar-refractivity contribution is 6.35. The Kier molecular flexibility index (Phi) is 6.75. The molecule has 1 amide bonds. The number of para-hydroxylation sites is 1. The first kappa shape index (κ1) is 20.0. The van der Waals surface area contributed by atoms with E-state index in [1.54, 1.807) is 35.2 Å². The van der Waals surface area contributed by atoms with Crippen LogP contribution >= 0.6 is 23.2 Å². The van der Waals surface area contributed by atoms with Crippen LogP contribution in [0.25, 0.3) is 0 Å². The molecular formula is C23H20Cl2N2O. The maximum Gasteiger partial charge on any atom is 0.256 e. The van der Waals surface area contributed by atoms with Crippen molar-refractivity contribution in [1.82, 2.24) is 4.90 Å². The molecule has 3 rings (SSSR count). The fraction of sp³-hybridized carbons (Fsp3) is 0.0870. The van der Waals surface area contributed by atoms with E-state index in [0.717, 1.165) is 11.3 Å². The first-order chi connectivity index (χ1) is 13.6. The van der Waals surface area contributed by atoms with Crippen molar-refractivity contribution in [2.45, 2.75) is 6.54 Å². The van der Waals surface area contributed by atoms with Gasteiger partial charge in [0.1, 0.15) is 0 Å². The average Bonchev–Trinajstić information content (AvgIpc) is 2.67. The normalized spacial score (nSPS) is 10.4. The van der Waals surface area contributed by atoms with Gasteiger partial charge in [0.05, 0.1) is 11.3 Å². The monoisotopic (exact) mass is 410 g/mol. The van der Waals surface area contributed by atoms with Crippen molar-refractivity contribution in [3.05, 3.63) is 107 Å². The molecule has 5 heteroatoms. The summed E-state index contributed by atoms with van der Waals surface area (Å²) in [5.74, 6) is -0.0834. The van der Waals surface area contributed by atoms with Gasteiger partial charge < -0.3 is 10.2 Å². The van der Waals surface area contributed by atoms with Gasteiger partial charge in [0, 0.05) is 28.8 Å². The first-order valence-corrected chi connectivity index (χ1v) is 9.58. The zero-order valence-corrected chi connectivity index (χ0v) is 16.8. The van der Waals surface area contributed by atoms with Crippen molar-refractivity contribution in [1.29, 1.82) is 0 Å². The van der Waals surface area contributed by atoms with Gasteiger partial charge in [-0.25, -0.2) is 0 Å². The van der Waals surface area contributed by atoms with Crippen molar-refractivity contribution in [3.8, 4) is 0 Å². The van der Waals surface area contributed by atoms with Gasteiger partial charge in [0.2, 0.25) is 0 Å². The predicted octanol–water partition coefficient (Wildman–Crippen LogP) is 6.57. The number of rotatable bonds is 7. The smallest absolute Gasteiger partial charge is 0.256 e. The molecule has 0 spiro atoms. The number of nitrogens with one attached hydrogen (secondary N) is 1. The number of hydrogen-bond acceptors (Lipinski definition) is 2. The molecule has 28 heavy (non-hydrogen) atoms. The SMILES string of the molecule is C=CCN(Cc1ccccc1)C(=O)c1ccccc1Nc1cc(Cl)cc(Cl)c1. The topological polar surface area (TPSA) is 32.3 Å². The lowest BCUT2D eigenvalue weighted by molar-refractivity contribution is 0.0763. The van der Waals surface area contributed by atoms with E-state index in [2.05, 4.69) is 11.9 Å². The summed E-state index contributed by atoms with van der Waals surface area (Å²) >= 11 is 12.2. The second kappa shape index (κ2) is 9.45. The Bertz CT molecular complexity index is 953. The van der Waals surface area contributed by atoms with E-state index in [-0.39, 0.29) is 5.91 Å². The molecule has 0 aromatic heterocycles. The van der Waals surface area contributed by atoms with Crippen molar-refractivity contribution in [2.24, 2.45) is 0 Å². The molecule has 0 heterocycles. The molecule has 0 bridgehead atoms. The predicted molar refractivity (Wildman–Crippen MR) is 118 cm³/mol. The van der Waals surface area contributed by atoms with Crippen LogP contribution in [0.2, 0.25) is 10.0 Å². The minimum atomic E-state index is -0.0834. The van der Waals surface area contributed by atoms with Crippen LogP contribution in [0.3, 0.4) is 0 Å². The molecule has 0 atom stereocenters. The number of hydrogen-bond donors (Lipinski definition) is 1. The van der Waals surface area contributed by atoms with E-state index in [9.17, 15) is 4.79 Å². The van der Waals surface area contributed by atoms with Crippen LogP contribution in [0.4, 0.5) is 11.4 Å². The summed E-state index contributed by atoms with van der Waals surface area (Å²) in [6.45, 7) is 4.74. The van der Waals surface area contributed by atoms with Crippen LogP contribution in [-0.2, 0) is 6.54 Å². The van der Waals surface area contributed by atoms with Gasteiger partial charge in [-0.2, -0.15) is 0 Å². The van der Waals surface area contributed by atoms with Gasteiger partial charge in [-0.05, 0) is 35.9 Å². The molecule has 0 fully saturated rings. The Balaban J connectivity index is 1.88. The van der Waals surface area contributed by atoms with Crippen molar-refractivity contribution >= 4 is 40.5 Å². The van der Waals surface area contributed by atoms with E-state index in [1.165, 1.54) is 0 Å². The summed E-state index contributed by atoms with van der Waals surface area (Å²) < 4.78 is 0. The Morgan fingerprint density at radius 2 is 1.61 bits per heavy atom. The third kappa shape index (κ3) is 5.16. The molecule has 0 aliphatic rings. The number of carbonyl (C=O) groups excluding carboxylic acids is 1. The molecule has 0 radical (unpaired) electrons. The van der Waals surface area contributed by atoms with E-state index in [0.29, 0.717) is 34.4 Å². The Hall–Kier alpha value is -2.75. The molecule has 1 N–H and O–H groups in total. The van der Waals surface area contributed by atoms with Gasteiger partial charge in [0.15, 0.2) is 0 Å². The molecule has 0 aliphatic heterocycles. The van der Waals surface area contributed by atoms with E-state index < -0.39 is 0 Å². The molecule has 0 aliphatic carbocycles. The van der Waals surface area contributed by atoms with E-state index in [1.807, 2.05) is 48.5 Å². The molecule has 0 saturated heterocycles. The molecule has 3 aromatic carbocycles. The summed E-state index contributed by atoms with van der Waals surface area (Å²) in [7, 11) is 0. The van der Waals surface area contributed by atoms with Crippen LogP contribution in [0, 0.1) is 0 Å². The number of anilines is 2. The van der Waals surface area contributed by atoms with Crippen LogP contribution in [0.5, 0.6) is 0 Å². The number of nitrogens with zero attached hydrogens (tertiary/aromatic N) is 1. The first-order valence-electron chi connectivity index (χ1n) is 8.83. The maximum absolute atomic E-state index is 13.3. The molecule has 3 aromatic rings. The molecule has 0 saturated carbocycles. The Labute approximate surface area is 175 Å². The minimum Gasteiger partial charge on any atom is -0.355 e. The van der Waals surface area contributed by atoms with Crippen molar-refractivity contribution in [2.75, 3.05) is 11.9 Å². The second-order valence-corrected chi connectivity index (χ2v) is 7.16. The van der Waals surface area contributed by atoms with Crippen LogP contribution in [-0.4, -0.2) is 17.4 Å². The molecular weight excluding hydrogens is 391 g/mol. The molecule has 142 valence electrons. The summed E-state index contributed by atoms with van der Waals surface area (Å²) in [6.07, 6.45) is 1.73. The standard InChI is InChI=1S/C23H20Cl2N2O/c1-2-12-27(16-17-8-4-3-5-9-17)23(28)21-10-6-7-11-22(21)26-20-14-18(24)13-19(25)15-20/h2-11,13-15,26H,1,12,16H2. The molecule has 0 unspecified atom stereocenters. The fourth-order valence-electron chi connectivity index (χ4n) is 2.91. The van der Waals surface area contributed by atoms with E-state index in [4.69, 9.17) is 23.2 Å². The van der Waals surface area contributed by atoms with Gasteiger partial charge in [0.25, 0.3) is 5.91 Å². The van der Waals surface area contributed by atoms with Gasteiger partial charge >= 0.3 is 0 Å². The number of halogens is 2. The van der Waals surface area contributed by atoms with Crippen LogP contribution in [0.1, 0.15) is 15.9 Å². The van der Waals surface area contributed by atoms with Gasteiger partial charge in [-0.15, -0.1) is 6.58 Å². The third-order valence-corrected chi connectivity index (χ3v) is 4.59. The third-order valence-electron chi connectivity index (χ3n) is 4.15. The lowest BCUT2D eigenvalue weighted by atomic mass is 10.1. The highest BCUT2D eigenvalue weighted by Crippen LogP contribution is 2.27. The highest BCUT2D eigenvalue weighted by atomic mass is 35.5. The highest BCUT2D eigenvalue weighted by Gasteiger charge is 2.18. The van der Waals surface area contributed by atoms with Crippen LogP contribution < -0.4 is 5.32 Å². The Morgan fingerprint density at radius 3 is 2.29 bits per heavy atom. The Morgan fingerprint density at radius 1 is 0.964 bits per heavy atom. The van der Waals surface area contributed by atoms with Crippen molar-refractivity contribution < 1.29 is 4.79 Å². The summed E-state index contributed by atoms with van der Waals surface area (Å²) in [5.41, 5.74) is 3.03. The van der Waals surface area contributed by atoms with Gasteiger partial charge in [-0.1, -0.05) is 71.7 Å². The maximum atomic E-state index is 13.3. The second-order valence-electron chi connectivity index (χ2n) is 6.29. The largest absolute Gasteiger partial charge is 0.355 e. The fourth-order valence-corrected chi connectivity index (χ4v) is 3.44. The lowest BCUT2D eigenvalue weighted by Gasteiger charge is -2.23. The van der Waals surface area contributed by atoms with Crippen LogP contribution in [0.15, 0.2) is 85.5 Å². The quantitative estimate of drug-likeness (QED) is 0.446. The molecule has 3 nitrogen and oxygen atoms in total.